The van der Waals surface area contributed by atoms with E-state index in [1.807, 2.05) is 60.1 Å². The minimum absolute atomic E-state index is 0.0302. The number of rotatable bonds is 5. The van der Waals surface area contributed by atoms with E-state index in [2.05, 4.69) is 0 Å². The maximum atomic E-state index is 12.4. The van der Waals surface area contributed by atoms with Crippen LogP contribution in [0.3, 0.4) is 0 Å². The highest BCUT2D eigenvalue weighted by atomic mass is 16.2. The van der Waals surface area contributed by atoms with Crippen molar-refractivity contribution in [1.82, 2.24) is 9.80 Å². The molecule has 0 bridgehead atoms. The van der Waals surface area contributed by atoms with Gasteiger partial charge in [-0.25, -0.2) is 0 Å². The summed E-state index contributed by atoms with van der Waals surface area (Å²) in [5.74, 6) is 0.335. The van der Waals surface area contributed by atoms with Gasteiger partial charge in [0.1, 0.15) is 0 Å². The molecule has 1 heterocycles. The lowest BCUT2D eigenvalue weighted by atomic mass is 9.95. The lowest BCUT2D eigenvalue weighted by molar-refractivity contribution is -0.139. The zero-order valence-corrected chi connectivity index (χ0v) is 14.1. The monoisotopic (exact) mass is 314 g/mol. The largest absolute Gasteiger partial charge is 0.343 e. The molecule has 0 spiro atoms. The molecule has 1 aromatic carbocycles. The number of likely N-dealkylation sites (tertiary alicyclic amines) is 1. The Labute approximate surface area is 138 Å². The first kappa shape index (κ1) is 17.3. The minimum Gasteiger partial charge on any atom is -0.343 e. The third-order valence-corrected chi connectivity index (χ3v) is 4.45. The molecule has 2 rings (SSSR count). The third kappa shape index (κ3) is 4.68. The van der Waals surface area contributed by atoms with Gasteiger partial charge < -0.3 is 9.80 Å². The Bertz CT molecular complexity index is 542. The summed E-state index contributed by atoms with van der Waals surface area (Å²) < 4.78 is 0. The molecule has 124 valence electrons. The Morgan fingerprint density at radius 2 is 1.74 bits per heavy atom. The highest BCUT2D eigenvalue weighted by Crippen LogP contribution is 2.20. The number of hydrogen-bond acceptors (Lipinski definition) is 2. The summed E-state index contributed by atoms with van der Waals surface area (Å²) in [6, 6.07) is 9.80. The van der Waals surface area contributed by atoms with Crippen molar-refractivity contribution in [1.29, 1.82) is 0 Å². The number of piperidine rings is 1. The molecular weight excluding hydrogens is 288 g/mol. The molecule has 4 nitrogen and oxygen atoms in total. The van der Waals surface area contributed by atoms with Crippen LogP contribution < -0.4 is 0 Å². The molecule has 0 N–H and O–H groups in total. The van der Waals surface area contributed by atoms with E-state index in [1.165, 1.54) is 0 Å². The summed E-state index contributed by atoms with van der Waals surface area (Å²) in [7, 11) is 0. The van der Waals surface area contributed by atoms with E-state index in [1.54, 1.807) is 6.08 Å². The van der Waals surface area contributed by atoms with Crippen molar-refractivity contribution in [2.24, 2.45) is 5.92 Å². The zero-order chi connectivity index (χ0) is 16.7. The van der Waals surface area contributed by atoms with Crippen LogP contribution in [-0.4, -0.2) is 47.8 Å². The van der Waals surface area contributed by atoms with Crippen LogP contribution in [0.1, 0.15) is 32.3 Å². The molecule has 0 aliphatic carbocycles. The first-order valence-corrected chi connectivity index (χ1v) is 8.46. The molecule has 1 saturated heterocycles. The van der Waals surface area contributed by atoms with Gasteiger partial charge in [0.2, 0.25) is 11.8 Å². The van der Waals surface area contributed by atoms with E-state index in [0.717, 1.165) is 31.5 Å². The van der Waals surface area contributed by atoms with Crippen molar-refractivity contribution in [2.75, 3.05) is 26.2 Å². The van der Waals surface area contributed by atoms with E-state index < -0.39 is 0 Å². The molecule has 0 unspecified atom stereocenters. The molecule has 23 heavy (non-hydrogen) atoms. The smallest absolute Gasteiger partial charge is 0.246 e. The average Bonchev–Trinajstić information content (AvgIpc) is 2.61. The Morgan fingerprint density at radius 1 is 1.13 bits per heavy atom. The van der Waals surface area contributed by atoms with Crippen molar-refractivity contribution >= 4 is 17.9 Å². The highest BCUT2D eigenvalue weighted by molar-refractivity contribution is 5.92. The molecule has 0 aromatic heterocycles. The number of nitrogens with zero attached hydrogens (tertiary/aromatic N) is 2. The quantitative estimate of drug-likeness (QED) is 0.784. The maximum Gasteiger partial charge on any atom is 0.246 e. The fraction of sp³-hybridized carbons (Fsp3) is 0.474. The van der Waals surface area contributed by atoms with E-state index in [9.17, 15) is 9.59 Å². The molecule has 1 aliphatic heterocycles. The lowest BCUT2D eigenvalue weighted by Gasteiger charge is -2.33. The van der Waals surface area contributed by atoms with E-state index >= 15 is 0 Å². The van der Waals surface area contributed by atoms with Crippen LogP contribution in [0.2, 0.25) is 0 Å². The van der Waals surface area contributed by atoms with Crippen molar-refractivity contribution in [2.45, 2.75) is 26.7 Å². The first-order valence-electron chi connectivity index (χ1n) is 8.46. The second-order valence-electron chi connectivity index (χ2n) is 5.85. The second-order valence-corrected chi connectivity index (χ2v) is 5.85. The number of hydrogen-bond donors (Lipinski definition) is 0. The third-order valence-electron chi connectivity index (χ3n) is 4.45. The van der Waals surface area contributed by atoms with Crippen LogP contribution >= 0.6 is 0 Å². The predicted octanol–water partition coefficient (Wildman–Crippen LogP) is 2.81. The van der Waals surface area contributed by atoms with Gasteiger partial charge in [-0.05, 0) is 38.3 Å². The molecule has 1 fully saturated rings. The van der Waals surface area contributed by atoms with Gasteiger partial charge in [-0.15, -0.1) is 0 Å². The molecule has 0 radical (unpaired) electrons. The molecule has 0 saturated carbocycles. The SMILES string of the molecule is CCN(CC)C(=O)C1CCN(C(=O)C=Cc2ccccc2)CC1. The maximum absolute atomic E-state index is 12.4. The van der Waals surface area contributed by atoms with Crippen LogP contribution in [0.5, 0.6) is 0 Å². The molecule has 4 heteroatoms. The van der Waals surface area contributed by atoms with Crippen LogP contribution in [0.15, 0.2) is 36.4 Å². The van der Waals surface area contributed by atoms with E-state index in [0.29, 0.717) is 13.1 Å². The van der Waals surface area contributed by atoms with Crippen LogP contribution in [-0.2, 0) is 9.59 Å². The molecular formula is C19H26N2O2. The van der Waals surface area contributed by atoms with Crippen molar-refractivity contribution < 1.29 is 9.59 Å². The normalized spacial score (nSPS) is 15.8. The average molecular weight is 314 g/mol. The Morgan fingerprint density at radius 3 is 2.30 bits per heavy atom. The van der Waals surface area contributed by atoms with Crippen molar-refractivity contribution in [3.05, 3.63) is 42.0 Å². The van der Waals surface area contributed by atoms with Crippen LogP contribution in [0.25, 0.3) is 6.08 Å². The second kappa shape index (κ2) is 8.51. The minimum atomic E-state index is 0.0302. The summed E-state index contributed by atoms with van der Waals surface area (Å²) in [5, 5.41) is 0. The van der Waals surface area contributed by atoms with Gasteiger partial charge in [-0.2, -0.15) is 0 Å². The standard InChI is InChI=1S/C19H26N2O2/c1-3-20(4-2)19(23)17-12-14-21(15-13-17)18(22)11-10-16-8-6-5-7-9-16/h5-11,17H,3-4,12-15H2,1-2H3. The van der Waals surface area contributed by atoms with Gasteiger partial charge in [0, 0.05) is 38.2 Å². The first-order chi connectivity index (χ1) is 11.2. The summed E-state index contributed by atoms with van der Waals surface area (Å²) in [5.41, 5.74) is 1.02. The summed E-state index contributed by atoms with van der Waals surface area (Å²) in [6.07, 6.45) is 5.00. The van der Waals surface area contributed by atoms with Gasteiger partial charge >= 0.3 is 0 Å². The van der Waals surface area contributed by atoms with Gasteiger partial charge in [-0.3, -0.25) is 9.59 Å². The summed E-state index contributed by atoms with van der Waals surface area (Å²) in [6.45, 7) is 6.86. The fourth-order valence-electron chi connectivity index (χ4n) is 2.98. The van der Waals surface area contributed by atoms with Crippen molar-refractivity contribution in [3.63, 3.8) is 0 Å². The zero-order valence-electron chi connectivity index (χ0n) is 14.1. The Hall–Kier alpha value is -2.10. The van der Waals surface area contributed by atoms with E-state index in [-0.39, 0.29) is 17.7 Å². The molecule has 0 atom stereocenters. The summed E-state index contributed by atoms with van der Waals surface area (Å²) in [4.78, 5) is 28.3. The fourth-order valence-corrected chi connectivity index (χ4v) is 2.98. The van der Waals surface area contributed by atoms with Crippen LogP contribution in [0, 0.1) is 5.92 Å². The Balaban J connectivity index is 1.85. The van der Waals surface area contributed by atoms with E-state index in [4.69, 9.17) is 0 Å². The Kier molecular flexibility index (Phi) is 6.39. The van der Waals surface area contributed by atoms with Gasteiger partial charge in [0.15, 0.2) is 0 Å². The number of carbonyl (C=O) groups is 2. The topological polar surface area (TPSA) is 40.6 Å². The summed E-state index contributed by atoms with van der Waals surface area (Å²) >= 11 is 0. The molecule has 2 amide bonds. The van der Waals surface area contributed by atoms with Crippen LogP contribution in [0.4, 0.5) is 0 Å². The highest BCUT2D eigenvalue weighted by Gasteiger charge is 2.28. The predicted molar refractivity (Wildman–Crippen MR) is 92.7 cm³/mol. The number of carbonyl (C=O) groups excluding carboxylic acids is 2. The lowest BCUT2D eigenvalue weighted by Crippen LogP contribution is -2.44. The number of amides is 2. The van der Waals surface area contributed by atoms with Gasteiger partial charge in [0.25, 0.3) is 0 Å². The van der Waals surface area contributed by atoms with Gasteiger partial charge in [0.05, 0.1) is 0 Å². The number of benzene rings is 1. The molecule has 1 aromatic rings. The molecule has 1 aliphatic rings. The van der Waals surface area contributed by atoms with Gasteiger partial charge in [-0.1, -0.05) is 30.3 Å². The van der Waals surface area contributed by atoms with Crippen molar-refractivity contribution in [3.8, 4) is 0 Å².